The van der Waals surface area contributed by atoms with Gasteiger partial charge >= 0.3 is 5.97 Å². The molecule has 2 rings (SSSR count). The van der Waals surface area contributed by atoms with Gasteiger partial charge in [-0.05, 0) is 30.3 Å². The van der Waals surface area contributed by atoms with E-state index < -0.39 is 11.9 Å². The van der Waals surface area contributed by atoms with Crippen LogP contribution in [0.2, 0.25) is 10.3 Å². The molecule has 1 aromatic heterocycles. The van der Waals surface area contributed by atoms with Crippen LogP contribution in [-0.4, -0.2) is 22.0 Å². The first-order chi connectivity index (χ1) is 9.45. The van der Waals surface area contributed by atoms with Crippen LogP contribution in [-0.2, 0) is 0 Å². The number of anilines is 1. The van der Waals surface area contributed by atoms with E-state index in [1.807, 2.05) is 0 Å². The number of amides is 1. The summed E-state index contributed by atoms with van der Waals surface area (Å²) in [4.78, 5) is 26.6. The van der Waals surface area contributed by atoms with E-state index in [1.54, 1.807) is 6.07 Å². The lowest BCUT2D eigenvalue weighted by molar-refractivity contribution is 0.0696. The number of aromatic carboxylic acids is 1. The van der Waals surface area contributed by atoms with Gasteiger partial charge < -0.3 is 10.4 Å². The van der Waals surface area contributed by atoms with Crippen LogP contribution in [0.15, 0.2) is 36.4 Å². The summed E-state index contributed by atoms with van der Waals surface area (Å²) in [7, 11) is 0. The third kappa shape index (κ3) is 3.46. The molecule has 0 unspecified atom stereocenters. The van der Waals surface area contributed by atoms with Crippen molar-refractivity contribution in [2.45, 2.75) is 0 Å². The predicted molar refractivity (Wildman–Crippen MR) is 75.6 cm³/mol. The summed E-state index contributed by atoms with van der Waals surface area (Å²) in [6.45, 7) is 0. The molecule has 0 fully saturated rings. The summed E-state index contributed by atoms with van der Waals surface area (Å²) in [6, 6.07) is 8.62. The highest BCUT2D eigenvalue weighted by atomic mass is 35.5. The molecule has 0 atom stereocenters. The minimum Gasteiger partial charge on any atom is -0.478 e. The Morgan fingerprint density at radius 3 is 2.30 bits per heavy atom. The second-order valence-electron chi connectivity index (χ2n) is 3.84. The molecule has 0 radical (unpaired) electrons. The van der Waals surface area contributed by atoms with Crippen molar-refractivity contribution in [2.75, 3.05) is 5.32 Å². The molecule has 2 N–H and O–H groups in total. The zero-order chi connectivity index (χ0) is 14.7. The molecular formula is C13H8Cl2N2O3. The standard InChI is InChI=1S/C13H8Cl2N2O3/c14-10-5-8(6-11(15)17-10)12(18)16-9-3-1-2-7(4-9)13(19)20/h1-6H,(H,16,18)(H,19,20). The van der Waals surface area contributed by atoms with Crippen LogP contribution < -0.4 is 5.32 Å². The number of halogens is 2. The number of carboxylic acid groups (broad SMARTS) is 1. The number of pyridine rings is 1. The molecule has 1 heterocycles. The molecule has 20 heavy (non-hydrogen) atoms. The van der Waals surface area contributed by atoms with E-state index in [0.29, 0.717) is 5.69 Å². The normalized spacial score (nSPS) is 10.1. The fourth-order valence-corrected chi connectivity index (χ4v) is 1.99. The molecule has 0 spiro atoms. The van der Waals surface area contributed by atoms with Crippen molar-refractivity contribution >= 4 is 40.8 Å². The second-order valence-corrected chi connectivity index (χ2v) is 4.62. The Balaban J connectivity index is 2.23. The Morgan fingerprint density at radius 1 is 1.05 bits per heavy atom. The molecule has 7 heteroatoms. The summed E-state index contributed by atoms with van der Waals surface area (Å²) in [5.41, 5.74) is 0.670. The fraction of sp³-hybridized carbons (Fsp3) is 0. The van der Waals surface area contributed by atoms with Crippen LogP contribution >= 0.6 is 23.2 Å². The van der Waals surface area contributed by atoms with Crippen LogP contribution in [0.5, 0.6) is 0 Å². The average molecular weight is 311 g/mol. The Morgan fingerprint density at radius 2 is 1.70 bits per heavy atom. The van der Waals surface area contributed by atoms with Gasteiger partial charge in [-0.2, -0.15) is 0 Å². The fourth-order valence-electron chi connectivity index (χ4n) is 1.53. The van der Waals surface area contributed by atoms with Gasteiger partial charge in [0.1, 0.15) is 10.3 Å². The Kier molecular flexibility index (Phi) is 4.22. The second kappa shape index (κ2) is 5.90. The number of carboxylic acids is 1. The maximum Gasteiger partial charge on any atom is 0.335 e. The Hall–Kier alpha value is -2.11. The molecule has 5 nitrogen and oxygen atoms in total. The predicted octanol–water partition coefficient (Wildman–Crippen LogP) is 3.34. The van der Waals surface area contributed by atoms with Gasteiger partial charge in [0.2, 0.25) is 0 Å². The number of aromatic nitrogens is 1. The van der Waals surface area contributed by atoms with Crippen molar-refractivity contribution in [3.8, 4) is 0 Å². The topological polar surface area (TPSA) is 79.3 Å². The lowest BCUT2D eigenvalue weighted by Crippen LogP contribution is -2.12. The van der Waals surface area contributed by atoms with E-state index in [4.69, 9.17) is 28.3 Å². The first-order valence-electron chi connectivity index (χ1n) is 5.43. The van der Waals surface area contributed by atoms with Crippen molar-refractivity contribution in [2.24, 2.45) is 0 Å². The lowest BCUT2D eigenvalue weighted by atomic mass is 10.2. The number of carbonyl (C=O) groups excluding carboxylic acids is 1. The molecule has 0 aliphatic carbocycles. The van der Waals surface area contributed by atoms with E-state index in [-0.39, 0.29) is 21.4 Å². The van der Waals surface area contributed by atoms with Crippen molar-refractivity contribution < 1.29 is 14.7 Å². The minimum atomic E-state index is -1.07. The molecule has 1 amide bonds. The lowest BCUT2D eigenvalue weighted by Gasteiger charge is -2.06. The number of rotatable bonds is 3. The quantitative estimate of drug-likeness (QED) is 0.852. The molecule has 1 aromatic carbocycles. The maximum atomic E-state index is 12.0. The van der Waals surface area contributed by atoms with Gasteiger partial charge in [-0.15, -0.1) is 0 Å². The maximum absolute atomic E-state index is 12.0. The molecule has 102 valence electrons. The number of benzene rings is 1. The molecule has 0 aliphatic heterocycles. The summed E-state index contributed by atoms with van der Waals surface area (Å²) < 4.78 is 0. The van der Waals surface area contributed by atoms with Crippen LogP contribution in [0.25, 0.3) is 0 Å². The monoisotopic (exact) mass is 310 g/mol. The van der Waals surface area contributed by atoms with Gasteiger partial charge in [-0.25, -0.2) is 9.78 Å². The van der Waals surface area contributed by atoms with Crippen molar-refractivity contribution in [3.63, 3.8) is 0 Å². The highest BCUT2D eigenvalue weighted by Crippen LogP contribution is 2.17. The molecular weight excluding hydrogens is 303 g/mol. The smallest absolute Gasteiger partial charge is 0.335 e. The highest BCUT2D eigenvalue weighted by Gasteiger charge is 2.10. The minimum absolute atomic E-state index is 0.0774. The van der Waals surface area contributed by atoms with Gasteiger partial charge in [0.25, 0.3) is 5.91 Å². The van der Waals surface area contributed by atoms with Crippen LogP contribution in [0, 0.1) is 0 Å². The average Bonchev–Trinajstić information content (AvgIpc) is 2.37. The zero-order valence-electron chi connectivity index (χ0n) is 9.93. The van der Waals surface area contributed by atoms with Crippen molar-refractivity contribution in [1.29, 1.82) is 0 Å². The van der Waals surface area contributed by atoms with Gasteiger partial charge in [0.15, 0.2) is 0 Å². The molecule has 0 saturated heterocycles. The van der Waals surface area contributed by atoms with Gasteiger partial charge in [-0.1, -0.05) is 29.3 Å². The Labute approximate surface area is 124 Å². The van der Waals surface area contributed by atoms with Crippen LogP contribution in [0.1, 0.15) is 20.7 Å². The van der Waals surface area contributed by atoms with E-state index in [2.05, 4.69) is 10.3 Å². The largest absolute Gasteiger partial charge is 0.478 e. The number of hydrogen-bond acceptors (Lipinski definition) is 3. The first kappa shape index (κ1) is 14.3. The zero-order valence-corrected chi connectivity index (χ0v) is 11.4. The number of hydrogen-bond donors (Lipinski definition) is 2. The molecule has 0 aliphatic rings. The van der Waals surface area contributed by atoms with Gasteiger partial charge in [0, 0.05) is 11.3 Å². The molecule has 0 saturated carbocycles. The highest BCUT2D eigenvalue weighted by molar-refractivity contribution is 6.33. The van der Waals surface area contributed by atoms with E-state index in [0.717, 1.165) is 0 Å². The van der Waals surface area contributed by atoms with Crippen LogP contribution in [0.3, 0.4) is 0 Å². The molecule has 0 bridgehead atoms. The van der Waals surface area contributed by atoms with Gasteiger partial charge in [-0.3, -0.25) is 4.79 Å². The third-order valence-electron chi connectivity index (χ3n) is 2.39. The molecule has 2 aromatic rings. The number of nitrogens with zero attached hydrogens (tertiary/aromatic N) is 1. The third-order valence-corrected chi connectivity index (χ3v) is 2.78. The summed E-state index contributed by atoms with van der Waals surface area (Å²) in [5.74, 6) is -1.53. The van der Waals surface area contributed by atoms with Crippen molar-refractivity contribution in [1.82, 2.24) is 4.98 Å². The summed E-state index contributed by atoms with van der Waals surface area (Å²) in [6.07, 6.45) is 0. The summed E-state index contributed by atoms with van der Waals surface area (Å²) in [5, 5.41) is 11.6. The van der Waals surface area contributed by atoms with E-state index >= 15 is 0 Å². The van der Waals surface area contributed by atoms with Gasteiger partial charge in [0.05, 0.1) is 5.56 Å². The van der Waals surface area contributed by atoms with E-state index in [1.165, 1.54) is 30.3 Å². The number of carbonyl (C=O) groups is 2. The first-order valence-corrected chi connectivity index (χ1v) is 6.19. The van der Waals surface area contributed by atoms with Crippen LogP contribution in [0.4, 0.5) is 5.69 Å². The van der Waals surface area contributed by atoms with E-state index in [9.17, 15) is 9.59 Å². The number of nitrogens with one attached hydrogen (secondary N) is 1. The SMILES string of the molecule is O=C(O)c1cccc(NC(=O)c2cc(Cl)nc(Cl)c2)c1. The van der Waals surface area contributed by atoms with Crippen molar-refractivity contribution in [3.05, 3.63) is 57.8 Å². The Bertz CT molecular complexity index is 669. The summed E-state index contributed by atoms with van der Waals surface area (Å²) >= 11 is 11.4.